The zero-order valence-electron chi connectivity index (χ0n) is 18.1. The van der Waals surface area contributed by atoms with Gasteiger partial charge in [-0.15, -0.1) is 0 Å². The van der Waals surface area contributed by atoms with Crippen molar-refractivity contribution in [1.82, 2.24) is 19.6 Å². The Morgan fingerprint density at radius 1 is 1.07 bits per heavy atom. The Kier molecular flexibility index (Phi) is 7.18. The fourth-order valence-electron chi connectivity index (χ4n) is 4.94. The third-order valence-electron chi connectivity index (χ3n) is 6.70. The van der Waals surface area contributed by atoms with Gasteiger partial charge in [0.1, 0.15) is 0 Å². The number of carbonyl (C=O) groups excluding carboxylic acids is 1. The van der Waals surface area contributed by atoms with Gasteiger partial charge >= 0.3 is 0 Å². The fraction of sp³-hybridized carbons (Fsp3) is 0.583. The number of amides is 1. The van der Waals surface area contributed by atoms with Gasteiger partial charge < -0.3 is 9.64 Å². The van der Waals surface area contributed by atoms with Gasteiger partial charge in [0.05, 0.1) is 12.3 Å². The van der Waals surface area contributed by atoms with Crippen LogP contribution in [-0.4, -0.2) is 65.4 Å². The van der Waals surface area contributed by atoms with E-state index in [1.165, 1.54) is 12.0 Å². The van der Waals surface area contributed by atoms with E-state index < -0.39 is 0 Å². The number of aromatic nitrogens is 2. The molecule has 6 nitrogen and oxygen atoms in total. The summed E-state index contributed by atoms with van der Waals surface area (Å²) in [6.07, 6.45) is 9.36. The van der Waals surface area contributed by atoms with E-state index in [1.54, 1.807) is 13.3 Å². The number of benzene rings is 1. The van der Waals surface area contributed by atoms with E-state index in [-0.39, 0.29) is 5.92 Å². The molecule has 0 spiro atoms. The van der Waals surface area contributed by atoms with Crippen LogP contribution < -0.4 is 0 Å². The molecule has 1 aromatic carbocycles. The number of hydrogen-bond donors (Lipinski definition) is 0. The SMILES string of the molecule is COCCN1CCCC[C@H](C2CCN(Cc3ccc(-n4cccn4)cc3)CC2)C1=O. The summed E-state index contributed by atoms with van der Waals surface area (Å²) in [5.74, 6) is 1.11. The molecule has 0 bridgehead atoms. The summed E-state index contributed by atoms with van der Waals surface area (Å²) < 4.78 is 7.09. The van der Waals surface area contributed by atoms with Crippen LogP contribution in [0.5, 0.6) is 0 Å². The molecule has 0 saturated carbocycles. The topological polar surface area (TPSA) is 50.6 Å². The van der Waals surface area contributed by atoms with Gasteiger partial charge in [-0.3, -0.25) is 9.69 Å². The van der Waals surface area contributed by atoms with Crippen molar-refractivity contribution in [3.8, 4) is 5.69 Å². The molecule has 1 aromatic heterocycles. The van der Waals surface area contributed by atoms with Crippen molar-refractivity contribution >= 4 is 5.91 Å². The van der Waals surface area contributed by atoms with E-state index in [9.17, 15) is 4.79 Å². The molecule has 3 heterocycles. The molecule has 0 radical (unpaired) electrons. The molecule has 162 valence electrons. The normalized spacial score (nSPS) is 21.7. The summed E-state index contributed by atoms with van der Waals surface area (Å²) in [5, 5.41) is 4.29. The molecular weight excluding hydrogens is 376 g/mol. The van der Waals surface area contributed by atoms with E-state index in [2.05, 4.69) is 39.2 Å². The van der Waals surface area contributed by atoms with Crippen LogP contribution >= 0.6 is 0 Å². The van der Waals surface area contributed by atoms with Crippen molar-refractivity contribution in [3.05, 3.63) is 48.3 Å². The molecule has 0 N–H and O–H groups in total. The maximum absolute atomic E-state index is 13.1. The number of ether oxygens (including phenoxy) is 1. The average Bonchev–Trinajstić information content (AvgIpc) is 3.25. The van der Waals surface area contributed by atoms with Gasteiger partial charge in [0.15, 0.2) is 0 Å². The van der Waals surface area contributed by atoms with Crippen molar-refractivity contribution in [2.45, 2.75) is 38.6 Å². The second-order valence-corrected chi connectivity index (χ2v) is 8.65. The molecule has 0 unspecified atom stereocenters. The smallest absolute Gasteiger partial charge is 0.226 e. The van der Waals surface area contributed by atoms with Crippen molar-refractivity contribution < 1.29 is 9.53 Å². The standard InChI is InChI=1S/C24H34N4O2/c1-30-18-17-27-13-3-2-5-23(24(27)29)21-10-15-26(16-11-21)19-20-6-8-22(9-7-20)28-14-4-12-25-28/h4,6-9,12,14,21,23H,2-3,5,10-11,13,15-19H2,1H3/t23-/m1/s1. The monoisotopic (exact) mass is 410 g/mol. The first-order chi connectivity index (χ1) is 14.7. The lowest BCUT2D eigenvalue weighted by Crippen LogP contribution is -2.43. The lowest BCUT2D eigenvalue weighted by molar-refractivity contribution is -0.138. The Morgan fingerprint density at radius 3 is 2.57 bits per heavy atom. The number of likely N-dealkylation sites (tertiary alicyclic amines) is 2. The highest BCUT2D eigenvalue weighted by Crippen LogP contribution is 2.32. The molecule has 30 heavy (non-hydrogen) atoms. The van der Waals surface area contributed by atoms with Gasteiger partial charge in [-0.2, -0.15) is 5.10 Å². The third-order valence-corrected chi connectivity index (χ3v) is 6.70. The molecule has 2 aliphatic heterocycles. The number of rotatable bonds is 7. The van der Waals surface area contributed by atoms with Crippen LogP contribution in [0.15, 0.2) is 42.7 Å². The quantitative estimate of drug-likeness (QED) is 0.702. The second kappa shape index (κ2) is 10.2. The number of piperidine rings is 1. The lowest BCUT2D eigenvalue weighted by Gasteiger charge is -2.36. The van der Waals surface area contributed by atoms with Gasteiger partial charge in [0, 0.05) is 45.1 Å². The molecule has 1 amide bonds. The van der Waals surface area contributed by atoms with Gasteiger partial charge in [0.2, 0.25) is 5.91 Å². The molecule has 4 rings (SSSR count). The summed E-state index contributed by atoms with van der Waals surface area (Å²) in [5.41, 5.74) is 2.42. The van der Waals surface area contributed by atoms with E-state index in [4.69, 9.17) is 4.74 Å². The van der Waals surface area contributed by atoms with Crippen LogP contribution in [0.3, 0.4) is 0 Å². The van der Waals surface area contributed by atoms with Crippen molar-refractivity contribution in [2.75, 3.05) is 39.9 Å². The first kappa shape index (κ1) is 21.1. The fourth-order valence-corrected chi connectivity index (χ4v) is 4.94. The molecule has 0 aliphatic carbocycles. The largest absolute Gasteiger partial charge is 0.383 e. The number of hydrogen-bond acceptors (Lipinski definition) is 4. The third kappa shape index (κ3) is 5.10. The predicted molar refractivity (Wildman–Crippen MR) is 117 cm³/mol. The molecule has 2 fully saturated rings. The highest BCUT2D eigenvalue weighted by Gasteiger charge is 2.34. The van der Waals surface area contributed by atoms with Crippen LogP contribution in [-0.2, 0) is 16.1 Å². The first-order valence-corrected chi connectivity index (χ1v) is 11.3. The average molecular weight is 411 g/mol. The van der Waals surface area contributed by atoms with E-state index >= 15 is 0 Å². The maximum Gasteiger partial charge on any atom is 0.226 e. The van der Waals surface area contributed by atoms with Crippen LogP contribution in [0.1, 0.15) is 37.7 Å². The Morgan fingerprint density at radius 2 is 1.87 bits per heavy atom. The van der Waals surface area contributed by atoms with Gasteiger partial charge in [-0.05, 0) is 68.5 Å². The summed E-state index contributed by atoms with van der Waals surface area (Å²) in [6, 6.07) is 10.6. The van der Waals surface area contributed by atoms with Crippen molar-refractivity contribution in [1.29, 1.82) is 0 Å². The first-order valence-electron chi connectivity index (χ1n) is 11.3. The van der Waals surface area contributed by atoms with Crippen LogP contribution in [0.25, 0.3) is 5.69 Å². The minimum atomic E-state index is 0.208. The highest BCUT2D eigenvalue weighted by molar-refractivity contribution is 5.79. The van der Waals surface area contributed by atoms with Crippen LogP contribution in [0.4, 0.5) is 0 Å². The second-order valence-electron chi connectivity index (χ2n) is 8.65. The summed E-state index contributed by atoms with van der Waals surface area (Å²) in [6.45, 7) is 5.40. The van der Waals surface area contributed by atoms with E-state index in [1.807, 2.05) is 16.9 Å². The van der Waals surface area contributed by atoms with Crippen molar-refractivity contribution in [3.63, 3.8) is 0 Å². The highest BCUT2D eigenvalue weighted by atomic mass is 16.5. The number of nitrogens with zero attached hydrogens (tertiary/aromatic N) is 4. The van der Waals surface area contributed by atoms with E-state index in [0.29, 0.717) is 18.4 Å². The summed E-state index contributed by atoms with van der Waals surface area (Å²) in [4.78, 5) is 17.7. The zero-order chi connectivity index (χ0) is 20.8. The number of methoxy groups -OCH3 is 1. The molecular formula is C24H34N4O2. The van der Waals surface area contributed by atoms with Crippen LogP contribution in [0, 0.1) is 11.8 Å². The maximum atomic E-state index is 13.1. The molecule has 6 heteroatoms. The Hall–Kier alpha value is -2.18. The molecule has 2 aromatic rings. The van der Waals surface area contributed by atoms with Crippen LogP contribution in [0.2, 0.25) is 0 Å². The summed E-state index contributed by atoms with van der Waals surface area (Å²) >= 11 is 0. The summed E-state index contributed by atoms with van der Waals surface area (Å²) in [7, 11) is 1.71. The Labute approximate surface area is 179 Å². The molecule has 1 atom stereocenters. The lowest BCUT2D eigenvalue weighted by atomic mass is 9.81. The van der Waals surface area contributed by atoms with Gasteiger partial charge in [-0.25, -0.2) is 4.68 Å². The molecule has 2 saturated heterocycles. The Balaban J connectivity index is 1.29. The zero-order valence-corrected chi connectivity index (χ0v) is 18.1. The number of carbonyl (C=O) groups is 1. The minimum Gasteiger partial charge on any atom is -0.383 e. The predicted octanol–water partition coefficient (Wildman–Crippen LogP) is 3.36. The Bertz CT molecular complexity index is 782. The van der Waals surface area contributed by atoms with E-state index in [0.717, 1.165) is 64.1 Å². The molecule has 2 aliphatic rings. The van der Waals surface area contributed by atoms with Gasteiger partial charge in [-0.1, -0.05) is 18.6 Å². The van der Waals surface area contributed by atoms with Gasteiger partial charge in [0.25, 0.3) is 0 Å². The minimum absolute atomic E-state index is 0.208. The van der Waals surface area contributed by atoms with Crippen molar-refractivity contribution in [2.24, 2.45) is 11.8 Å².